The molecule has 0 aliphatic heterocycles. The first-order valence-corrected chi connectivity index (χ1v) is 4.37. The third kappa shape index (κ3) is 1.35. The van der Waals surface area contributed by atoms with Gasteiger partial charge in [-0.2, -0.15) is 0 Å². The van der Waals surface area contributed by atoms with Crippen LogP contribution in [0.1, 0.15) is 11.1 Å². The van der Waals surface area contributed by atoms with E-state index >= 15 is 0 Å². The fourth-order valence-electron chi connectivity index (χ4n) is 1.47. The number of rotatable bonds is 1. The second-order valence-corrected chi connectivity index (χ2v) is 3.21. The normalized spacial score (nSPS) is 10.4. The Labute approximate surface area is 81.5 Å². The summed E-state index contributed by atoms with van der Waals surface area (Å²) < 4.78 is 5.08. The van der Waals surface area contributed by atoms with Gasteiger partial charge in [-0.3, -0.25) is 0 Å². The van der Waals surface area contributed by atoms with Crippen molar-refractivity contribution < 1.29 is 4.42 Å². The molecule has 2 aromatic rings. The van der Waals surface area contributed by atoms with Crippen molar-refractivity contribution in [2.75, 3.05) is 0 Å². The van der Waals surface area contributed by atoms with Crippen LogP contribution in [0, 0.1) is 6.92 Å². The fraction of sp³-hybridized carbons (Fsp3) is 0.0833. The van der Waals surface area contributed by atoms with E-state index in [0.29, 0.717) is 5.58 Å². The molecule has 0 aliphatic carbocycles. The Kier molecular flexibility index (Phi) is 1.97. The van der Waals surface area contributed by atoms with Crippen molar-refractivity contribution >= 4 is 17.0 Å². The zero-order valence-corrected chi connectivity index (χ0v) is 7.91. The summed E-state index contributed by atoms with van der Waals surface area (Å²) >= 11 is 0. The molecular weight excluding hydrogens is 176 g/mol. The maximum absolute atomic E-state index is 11.1. The monoisotopic (exact) mass is 186 g/mol. The summed E-state index contributed by atoms with van der Waals surface area (Å²) in [5, 5.41) is 0.968. The first-order chi connectivity index (χ1) is 6.70. The van der Waals surface area contributed by atoms with Gasteiger partial charge in [0.2, 0.25) is 0 Å². The second kappa shape index (κ2) is 3.14. The van der Waals surface area contributed by atoms with Crippen LogP contribution in [0.15, 0.2) is 40.1 Å². The molecule has 2 nitrogen and oxygen atoms in total. The Balaban J connectivity index is 2.88. The lowest BCUT2D eigenvalue weighted by Crippen LogP contribution is -1.97. The minimum absolute atomic E-state index is 0.309. The molecule has 0 fully saturated rings. The molecule has 0 amide bonds. The molecule has 0 bridgehead atoms. The summed E-state index contributed by atoms with van der Waals surface area (Å²) in [7, 11) is 0. The molecule has 70 valence electrons. The van der Waals surface area contributed by atoms with Gasteiger partial charge in [0, 0.05) is 11.5 Å². The highest BCUT2D eigenvalue weighted by Gasteiger charge is 2.01. The van der Waals surface area contributed by atoms with Crippen molar-refractivity contribution in [3.8, 4) is 0 Å². The number of fused-ring (bicyclic) bond motifs is 1. The van der Waals surface area contributed by atoms with Crippen LogP contribution in [0.3, 0.4) is 0 Å². The van der Waals surface area contributed by atoms with E-state index < -0.39 is 0 Å². The zero-order valence-electron chi connectivity index (χ0n) is 7.91. The Morgan fingerprint density at radius 1 is 1.36 bits per heavy atom. The number of aryl methyl sites for hydroxylation is 1. The van der Waals surface area contributed by atoms with Crippen LogP contribution in [-0.4, -0.2) is 0 Å². The molecule has 0 saturated carbocycles. The van der Waals surface area contributed by atoms with Gasteiger partial charge in [0.15, 0.2) is 0 Å². The van der Waals surface area contributed by atoms with Crippen LogP contribution in [0.5, 0.6) is 0 Å². The average Bonchev–Trinajstić information content (AvgIpc) is 2.16. The van der Waals surface area contributed by atoms with E-state index in [9.17, 15) is 4.79 Å². The van der Waals surface area contributed by atoms with E-state index in [1.165, 1.54) is 6.07 Å². The lowest BCUT2D eigenvalue weighted by Gasteiger charge is -2.00. The Morgan fingerprint density at radius 2 is 2.14 bits per heavy atom. The summed E-state index contributed by atoms with van der Waals surface area (Å²) in [6.07, 6.45) is 1.72. The van der Waals surface area contributed by atoms with Gasteiger partial charge in [-0.15, -0.1) is 0 Å². The Bertz CT molecular complexity index is 550. The van der Waals surface area contributed by atoms with Crippen molar-refractivity contribution in [2.24, 2.45) is 0 Å². The van der Waals surface area contributed by atoms with Gasteiger partial charge in [-0.1, -0.05) is 24.8 Å². The van der Waals surface area contributed by atoms with Gasteiger partial charge < -0.3 is 4.42 Å². The van der Waals surface area contributed by atoms with E-state index in [0.717, 1.165) is 16.5 Å². The van der Waals surface area contributed by atoms with Crippen LogP contribution in [0.4, 0.5) is 0 Å². The maximum Gasteiger partial charge on any atom is 0.336 e. The molecule has 2 heteroatoms. The molecule has 0 aliphatic rings. The lowest BCUT2D eigenvalue weighted by atomic mass is 10.1. The Hall–Kier alpha value is -1.83. The molecule has 2 rings (SSSR count). The van der Waals surface area contributed by atoms with Crippen molar-refractivity contribution in [1.29, 1.82) is 0 Å². The summed E-state index contributed by atoms with van der Waals surface area (Å²) in [5.74, 6) is 0. The van der Waals surface area contributed by atoms with Gasteiger partial charge in [-0.25, -0.2) is 4.79 Å². The van der Waals surface area contributed by atoms with Crippen molar-refractivity contribution in [3.63, 3.8) is 0 Å². The van der Waals surface area contributed by atoms with E-state index in [1.807, 2.05) is 25.1 Å². The molecule has 0 radical (unpaired) electrons. The van der Waals surface area contributed by atoms with E-state index in [2.05, 4.69) is 6.58 Å². The lowest BCUT2D eigenvalue weighted by molar-refractivity contribution is 0.560. The third-order valence-electron chi connectivity index (χ3n) is 2.21. The molecule has 1 heterocycles. The zero-order chi connectivity index (χ0) is 10.1. The van der Waals surface area contributed by atoms with Gasteiger partial charge in [0.1, 0.15) is 5.58 Å². The van der Waals surface area contributed by atoms with Gasteiger partial charge >= 0.3 is 5.63 Å². The first-order valence-electron chi connectivity index (χ1n) is 4.37. The van der Waals surface area contributed by atoms with Gasteiger partial charge in [-0.05, 0) is 24.1 Å². The van der Waals surface area contributed by atoms with Crippen LogP contribution in [-0.2, 0) is 0 Å². The van der Waals surface area contributed by atoms with E-state index in [1.54, 1.807) is 6.08 Å². The molecule has 0 N–H and O–H groups in total. The smallest absolute Gasteiger partial charge is 0.336 e. The average molecular weight is 186 g/mol. The molecule has 0 unspecified atom stereocenters. The maximum atomic E-state index is 11.1. The van der Waals surface area contributed by atoms with Gasteiger partial charge in [0.05, 0.1) is 0 Å². The summed E-state index contributed by atoms with van der Waals surface area (Å²) in [5.41, 5.74) is 2.20. The second-order valence-electron chi connectivity index (χ2n) is 3.21. The van der Waals surface area contributed by atoms with Crippen molar-refractivity contribution in [2.45, 2.75) is 6.92 Å². The van der Waals surface area contributed by atoms with E-state index in [4.69, 9.17) is 4.42 Å². The molecule has 0 spiro atoms. The number of hydrogen-bond acceptors (Lipinski definition) is 2. The molecular formula is C12H10O2. The number of benzene rings is 1. The Morgan fingerprint density at radius 3 is 2.86 bits per heavy atom. The summed E-state index contributed by atoms with van der Waals surface area (Å²) in [4.78, 5) is 11.1. The molecule has 1 aromatic heterocycles. The quantitative estimate of drug-likeness (QED) is 0.641. The van der Waals surface area contributed by atoms with Gasteiger partial charge in [0.25, 0.3) is 0 Å². The highest BCUT2D eigenvalue weighted by atomic mass is 16.4. The van der Waals surface area contributed by atoms with Crippen molar-refractivity contribution in [1.82, 2.24) is 0 Å². The molecule has 0 atom stereocenters. The third-order valence-corrected chi connectivity index (χ3v) is 2.21. The SMILES string of the molecule is C=Cc1ccc2c(C)cc(=O)oc2c1. The van der Waals surface area contributed by atoms with Crippen LogP contribution in [0.25, 0.3) is 17.0 Å². The summed E-state index contributed by atoms with van der Waals surface area (Å²) in [6.45, 7) is 5.56. The molecule has 14 heavy (non-hydrogen) atoms. The highest BCUT2D eigenvalue weighted by Crippen LogP contribution is 2.18. The fourth-order valence-corrected chi connectivity index (χ4v) is 1.47. The largest absolute Gasteiger partial charge is 0.423 e. The molecule has 0 saturated heterocycles. The minimum Gasteiger partial charge on any atom is -0.423 e. The topological polar surface area (TPSA) is 30.2 Å². The van der Waals surface area contributed by atoms with E-state index in [-0.39, 0.29) is 5.63 Å². The van der Waals surface area contributed by atoms with Crippen molar-refractivity contribution in [3.05, 3.63) is 52.4 Å². The predicted octanol–water partition coefficient (Wildman–Crippen LogP) is 2.74. The number of hydrogen-bond donors (Lipinski definition) is 0. The minimum atomic E-state index is -0.309. The molecule has 1 aromatic carbocycles. The van der Waals surface area contributed by atoms with Crippen LogP contribution >= 0.6 is 0 Å². The highest BCUT2D eigenvalue weighted by molar-refractivity contribution is 5.82. The standard InChI is InChI=1S/C12H10O2/c1-3-9-4-5-10-8(2)6-12(13)14-11(10)7-9/h3-7H,1H2,2H3. The van der Waals surface area contributed by atoms with Crippen LogP contribution < -0.4 is 5.63 Å². The van der Waals surface area contributed by atoms with Crippen LogP contribution in [0.2, 0.25) is 0 Å². The first kappa shape index (κ1) is 8.75. The predicted molar refractivity (Wildman–Crippen MR) is 57.3 cm³/mol. The summed E-state index contributed by atoms with van der Waals surface area (Å²) in [6, 6.07) is 7.19.